The summed E-state index contributed by atoms with van der Waals surface area (Å²) >= 11 is 0. The SMILES string of the molecule is CS(=O)(=NC(=O)c1cccc(-c2noc(C(F)(F)F)n2)c1)c1ccccn1. The van der Waals surface area contributed by atoms with Crippen molar-refractivity contribution >= 4 is 15.6 Å². The van der Waals surface area contributed by atoms with Crippen molar-refractivity contribution in [2.45, 2.75) is 11.2 Å². The van der Waals surface area contributed by atoms with E-state index in [-0.39, 0.29) is 22.0 Å². The average Bonchev–Trinajstić information content (AvgIpc) is 3.13. The molecule has 140 valence electrons. The normalized spacial score (nSPS) is 13.8. The summed E-state index contributed by atoms with van der Waals surface area (Å²) < 4.78 is 58.2. The Hall–Kier alpha value is -3.08. The van der Waals surface area contributed by atoms with Crippen molar-refractivity contribution in [2.24, 2.45) is 4.36 Å². The van der Waals surface area contributed by atoms with Gasteiger partial charge < -0.3 is 4.52 Å². The fourth-order valence-corrected chi connectivity index (χ4v) is 3.18. The summed E-state index contributed by atoms with van der Waals surface area (Å²) in [5.74, 6) is -2.64. The molecule has 0 bridgehead atoms. The monoisotopic (exact) mass is 396 g/mol. The quantitative estimate of drug-likeness (QED) is 0.673. The molecule has 1 unspecified atom stereocenters. The van der Waals surface area contributed by atoms with Gasteiger partial charge in [0.15, 0.2) is 0 Å². The first-order chi connectivity index (χ1) is 12.7. The molecule has 0 saturated heterocycles. The van der Waals surface area contributed by atoms with Gasteiger partial charge in [0.2, 0.25) is 5.82 Å². The van der Waals surface area contributed by atoms with E-state index in [0.29, 0.717) is 0 Å². The van der Waals surface area contributed by atoms with Crippen molar-refractivity contribution < 1.29 is 26.7 Å². The molecule has 0 fully saturated rings. The first kappa shape index (κ1) is 18.7. The number of amides is 1. The molecule has 7 nitrogen and oxygen atoms in total. The molecule has 2 aromatic heterocycles. The van der Waals surface area contributed by atoms with Gasteiger partial charge in [-0.3, -0.25) is 4.79 Å². The van der Waals surface area contributed by atoms with Gasteiger partial charge in [-0.05, 0) is 24.3 Å². The van der Waals surface area contributed by atoms with E-state index in [1.54, 1.807) is 12.1 Å². The van der Waals surface area contributed by atoms with Crippen LogP contribution in [0.2, 0.25) is 0 Å². The molecule has 3 rings (SSSR count). The molecule has 0 spiro atoms. The maximum Gasteiger partial charge on any atom is 0.471 e. The lowest BCUT2D eigenvalue weighted by Gasteiger charge is -2.03. The Kier molecular flexibility index (Phi) is 4.79. The highest BCUT2D eigenvalue weighted by Gasteiger charge is 2.38. The molecule has 27 heavy (non-hydrogen) atoms. The van der Waals surface area contributed by atoms with Crippen LogP contribution in [0.1, 0.15) is 16.2 Å². The molecule has 11 heteroatoms. The molecule has 0 saturated carbocycles. The molecule has 1 atom stereocenters. The van der Waals surface area contributed by atoms with Gasteiger partial charge in [-0.25, -0.2) is 9.19 Å². The predicted octanol–water partition coefficient (Wildman–Crippen LogP) is 3.45. The zero-order valence-corrected chi connectivity index (χ0v) is 14.5. The summed E-state index contributed by atoms with van der Waals surface area (Å²) in [5, 5.41) is 3.40. The Balaban J connectivity index is 1.94. The van der Waals surface area contributed by atoms with E-state index in [0.717, 1.165) is 0 Å². The minimum atomic E-state index is -4.77. The number of hydrogen-bond acceptors (Lipinski definition) is 6. The Morgan fingerprint density at radius 3 is 2.59 bits per heavy atom. The average molecular weight is 396 g/mol. The lowest BCUT2D eigenvalue weighted by Crippen LogP contribution is -2.06. The fourth-order valence-electron chi connectivity index (χ4n) is 2.08. The Morgan fingerprint density at radius 2 is 1.96 bits per heavy atom. The summed E-state index contributed by atoms with van der Waals surface area (Å²) in [6, 6.07) is 10.2. The predicted molar refractivity (Wildman–Crippen MR) is 88.1 cm³/mol. The maximum absolute atomic E-state index is 12.6. The lowest BCUT2D eigenvalue weighted by atomic mass is 10.1. The van der Waals surface area contributed by atoms with Gasteiger partial charge in [0.05, 0.1) is 9.73 Å². The van der Waals surface area contributed by atoms with E-state index >= 15 is 0 Å². The van der Waals surface area contributed by atoms with Gasteiger partial charge in [-0.2, -0.15) is 22.5 Å². The highest BCUT2D eigenvalue weighted by Crippen LogP contribution is 2.29. The molecule has 0 aliphatic heterocycles. The summed E-state index contributed by atoms with van der Waals surface area (Å²) in [6.07, 6.45) is -2.08. The summed E-state index contributed by atoms with van der Waals surface area (Å²) in [7, 11) is -3.08. The highest BCUT2D eigenvalue weighted by molar-refractivity contribution is 7.93. The van der Waals surface area contributed by atoms with E-state index in [9.17, 15) is 22.2 Å². The minimum absolute atomic E-state index is 0.0105. The minimum Gasteiger partial charge on any atom is -0.329 e. The number of hydrogen-bond donors (Lipinski definition) is 0. The largest absolute Gasteiger partial charge is 0.471 e. The number of carbonyl (C=O) groups is 1. The van der Waals surface area contributed by atoms with Crippen LogP contribution in [-0.4, -0.2) is 31.5 Å². The third-order valence-electron chi connectivity index (χ3n) is 3.32. The zero-order valence-electron chi connectivity index (χ0n) is 13.7. The van der Waals surface area contributed by atoms with E-state index < -0.39 is 27.7 Å². The number of alkyl halides is 3. The molecule has 0 N–H and O–H groups in total. The van der Waals surface area contributed by atoms with Crippen molar-refractivity contribution in [3.63, 3.8) is 0 Å². The second-order valence-corrected chi connectivity index (χ2v) is 7.57. The van der Waals surface area contributed by atoms with Crippen LogP contribution in [0.25, 0.3) is 11.4 Å². The molecule has 2 heterocycles. The first-order valence-electron chi connectivity index (χ1n) is 7.36. The van der Waals surface area contributed by atoms with Crippen molar-refractivity contribution in [3.05, 3.63) is 60.1 Å². The third kappa shape index (κ3) is 4.19. The van der Waals surface area contributed by atoms with E-state index in [4.69, 9.17) is 0 Å². The van der Waals surface area contributed by atoms with Crippen LogP contribution >= 0.6 is 0 Å². The van der Waals surface area contributed by atoms with E-state index in [2.05, 4.69) is 24.0 Å². The topological polar surface area (TPSA) is 98.3 Å². The standard InChI is InChI=1S/C16H11F3N4O3S/c1-27(25,12-7-2-3-8-20-12)23-14(24)11-6-4-5-10(9-11)13-21-15(26-22-13)16(17,18)19/h2-9H,1H3. The molecule has 1 aromatic carbocycles. The molecular weight excluding hydrogens is 385 g/mol. The van der Waals surface area contributed by atoms with Crippen molar-refractivity contribution in [1.29, 1.82) is 0 Å². The van der Waals surface area contributed by atoms with Crippen LogP contribution in [0, 0.1) is 0 Å². The van der Waals surface area contributed by atoms with Gasteiger partial charge in [-0.15, -0.1) is 0 Å². The van der Waals surface area contributed by atoms with Crippen LogP contribution in [0.15, 0.2) is 62.6 Å². The molecule has 3 aromatic rings. The lowest BCUT2D eigenvalue weighted by molar-refractivity contribution is -0.159. The Morgan fingerprint density at radius 1 is 1.19 bits per heavy atom. The number of benzene rings is 1. The third-order valence-corrected chi connectivity index (χ3v) is 4.85. The number of carbonyl (C=O) groups excluding carboxylic acids is 1. The van der Waals surface area contributed by atoms with E-state index in [1.807, 2.05) is 0 Å². The number of rotatable bonds is 3. The zero-order chi connectivity index (χ0) is 19.7. The van der Waals surface area contributed by atoms with Crippen molar-refractivity contribution in [1.82, 2.24) is 15.1 Å². The first-order valence-corrected chi connectivity index (χ1v) is 9.28. The molecule has 0 aliphatic rings. The highest BCUT2D eigenvalue weighted by atomic mass is 32.2. The van der Waals surface area contributed by atoms with Crippen LogP contribution in [0.3, 0.4) is 0 Å². The van der Waals surface area contributed by atoms with Gasteiger partial charge in [0.1, 0.15) is 5.03 Å². The van der Waals surface area contributed by atoms with Gasteiger partial charge >= 0.3 is 12.1 Å². The number of nitrogens with zero attached hydrogens (tertiary/aromatic N) is 4. The fraction of sp³-hybridized carbons (Fsp3) is 0.125. The molecule has 0 aliphatic carbocycles. The van der Waals surface area contributed by atoms with Crippen LogP contribution < -0.4 is 0 Å². The smallest absolute Gasteiger partial charge is 0.329 e. The van der Waals surface area contributed by atoms with Gasteiger partial charge in [-0.1, -0.05) is 23.4 Å². The van der Waals surface area contributed by atoms with Crippen LogP contribution in [0.4, 0.5) is 13.2 Å². The summed E-state index contributed by atoms with van der Waals surface area (Å²) in [6.45, 7) is 0. The van der Waals surface area contributed by atoms with E-state index in [1.165, 1.54) is 42.8 Å². The molecule has 0 radical (unpaired) electrons. The summed E-state index contributed by atoms with van der Waals surface area (Å²) in [4.78, 5) is 19.6. The van der Waals surface area contributed by atoms with Crippen LogP contribution in [0.5, 0.6) is 0 Å². The van der Waals surface area contributed by atoms with Gasteiger partial charge in [0.25, 0.3) is 5.91 Å². The Bertz CT molecular complexity index is 1100. The van der Waals surface area contributed by atoms with Gasteiger partial charge in [0, 0.05) is 23.6 Å². The number of halogens is 3. The van der Waals surface area contributed by atoms with Crippen molar-refractivity contribution in [3.8, 4) is 11.4 Å². The molecule has 1 amide bonds. The molecular formula is C16H11F3N4O3S. The summed E-state index contributed by atoms with van der Waals surface area (Å²) in [5.41, 5.74) is 0.132. The van der Waals surface area contributed by atoms with Crippen LogP contribution in [-0.2, 0) is 15.9 Å². The second-order valence-electron chi connectivity index (χ2n) is 5.37. The second kappa shape index (κ2) is 6.91. The maximum atomic E-state index is 12.6. The van der Waals surface area contributed by atoms with Crippen molar-refractivity contribution in [2.75, 3.05) is 6.26 Å². The number of pyridine rings is 1. The Labute approximate surface area is 151 Å². The number of aromatic nitrogens is 3.